The van der Waals surface area contributed by atoms with E-state index in [-0.39, 0.29) is 16.9 Å². The Morgan fingerprint density at radius 1 is 0.960 bits per heavy atom. The average Bonchev–Trinajstić information content (AvgIpc) is 2.54. The lowest BCUT2D eigenvalue weighted by Crippen LogP contribution is -2.23. The van der Waals surface area contributed by atoms with E-state index in [0.29, 0.717) is 0 Å². The number of benzene rings is 2. The highest BCUT2D eigenvalue weighted by Gasteiger charge is 2.40. The number of carboxylic acid groups (broad SMARTS) is 1. The van der Waals surface area contributed by atoms with Crippen LogP contribution in [0.15, 0.2) is 12.1 Å². The standard InChI is InChI=1S/C17H12O8/c1-5-9(17(23)24)15(21)12-11(13(5)19)14(20)7-3-6(25-2)4-8(18)10(7)16(12)22/h3-4,18-19,21H,1-2H3,(H,23,24). The summed E-state index contributed by atoms with van der Waals surface area (Å²) >= 11 is 0. The van der Waals surface area contributed by atoms with Crippen LogP contribution in [0, 0.1) is 6.92 Å². The highest BCUT2D eigenvalue weighted by Crippen LogP contribution is 2.45. The second-order valence-electron chi connectivity index (χ2n) is 5.48. The van der Waals surface area contributed by atoms with Gasteiger partial charge in [-0.1, -0.05) is 0 Å². The number of carboxylic acids is 1. The zero-order valence-corrected chi connectivity index (χ0v) is 13.1. The van der Waals surface area contributed by atoms with Gasteiger partial charge in [-0.3, -0.25) is 9.59 Å². The Kier molecular flexibility index (Phi) is 3.41. The number of methoxy groups -OCH3 is 1. The Bertz CT molecular complexity index is 987. The van der Waals surface area contributed by atoms with Crippen LogP contribution < -0.4 is 4.74 Å². The summed E-state index contributed by atoms with van der Waals surface area (Å²) in [5, 5.41) is 39.8. The Morgan fingerprint density at radius 3 is 2.12 bits per heavy atom. The summed E-state index contributed by atoms with van der Waals surface area (Å²) in [5.41, 5.74) is -2.71. The number of ether oxygens (including phenoxy) is 1. The third-order valence-electron chi connectivity index (χ3n) is 4.16. The molecule has 0 saturated heterocycles. The van der Waals surface area contributed by atoms with E-state index in [1.54, 1.807) is 0 Å². The second kappa shape index (κ2) is 5.23. The summed E-state index contributed by atoms with van der Waals surface area (Å²) in [6, 6.07) is 2.33. The third-order valence-corrected chi connectivity index (χ3v) is 4.16. The number of aromatic hydroxyl groups is 3. The molecule has 25 heavy (non-hydrogen) atoms. The summed E-state index contributed by atoms with van der Waals surface area (Å²) in [7, 11) is 1.30. The first kappa shape index (κ1) is 16.3. The van der Waals surface area contributed by atoms with Crippen LogP contribution >= 0.6 is 0 Å². The van der Waals surface area contributed by atoms with Gasteiger partial charge < -0.3 is 25.2 Å². The summed E-state index contributed by atoms with van der Waals surface area (Å²) in [4.78, 5) is 36.8. The van der Waals surface area contributed by atoms with Crippen molar-refractivity contribution in [2.45, 2.75) is 6.92 Å². The van der Waals surface area contributed by atoms with Gasteiger partial charge in [-0.05, 0) is 13.0 Å². The van der Waals surface area contributed by atoms with E-state index < -0.39 is 57.0 Å². The molecule has 8 heteroatoms. The molecule has 0 aromatic heterocycles. The van der Waals surface area contributed by atoms with Gasteiger partial charge in [-0.2, -0.15) is 0 Å². The van der Waals surface area contributed by atoms with Crippen molar-refractivity contribution in [3.8, 4) is 23.0 Å². The van der Waals surface area contributed by atoms with Crippen molar-refractivity contribution in [3.05, 3.63) is 45.5 Å². The van der Waals surface area contributed by atoms with Crippen LogP contribution in [0.3, 0.4) is 0 Å². The Balaban J connectivity index is 2.44. The molecule has 0 unspecified atom stereocenters. The molecule has 0 aliphatic heterocycles. The van der Waals surface area contributed by atoms with E-state index in [4.69, 9.17) is 4.74 Å². The number of phenolic OH excluding ortho intramolecular Hbond substituents is 2. The zero-order valence-electron chi connectivity index (χ0n) is 13.1. The van der Waals surface area contributed by atoms with Crippen LogP contribution in [0.2, 0.25) is 0 Å². The van der Waals surface area contributed by atoms with Gasteiger partial charge in [0.05, 0.1) is 23.8 Å². The Labute approximate surface area is 140 Å². The van der Waals surface area contributed by atoms with E-state index in [1.807, 2.05) is 0 Å². The minimum absolute atomic E-state index is 0.114. The number of aromatic carboxylic acids is 1. The minimum Gasteiger partial charge on any atom is -0.507 e. The van der Waals surface area contributed by atoms with Gasteiger partial charge in [-0.15, -0.1) is 0 Å². The maximum Gasteiger partial charge on any atom is 0.339 e. The number of carbonyl (C=O) groups excluding carboxylic acids is 2. The number of hydrogen-bond acceptors (Lipinski definition) is 7. The van der Waals surface area contributed by atoms with E-state index in [1.165, 1.54) is 20.1 Å². The lowest BCUT2D eigenvalue weighted by molar-refractivity contribution is 0.0691. The van der Waals surface area contributed by atoms with Crippen LogP contribution in [-0.2, 0) is 0 Å². The quantitative estimate of drug-likeness (QED) is 0.514. The first-order valence-corrected chi connectivity index (χ1v) is 7.02. The molecule has 0 fully saturated rings. The van der Waals surface area contributed by atoms with Gasteiger partial charge in [0.25, 0.3) is 0 Å². The molecule has 0 bridgehead atoms. The zero-order chi connectivity index (χ0) is 18.6. The Hall–Kier alpha value is -3.55. The number of carbonyl (C=O) groups is 3. The minimum atomic E-state index is -1.57. The van der Waals surface area contributed by atoms with Crippen molar-refractivity contribution in [3.63, 3.8) is 0 Å². The number of hydrogen-bond donors (Lipinski definition) is 4. The summed E-state index contributed by atoms with van der Waals surface area (Å²) < 4.78 is 4.95. The van der Waals surface area contributed by atoms with Crippen LogP contribution in [0.1, 0.15) is 47.8 Å². The van der Waals surface area contributed by atoms with Crippen LogP contribution in [0.4, 0.5) is 0 Å². The second-order valence-corrected chi connectivity index (χ2v) is 5.48. The number of phenols is 3. The van der Waals surface area contributed by atoms with Gasteiger partial charge in [0.2, 0.25) is 5.78 Å². The fourth-order valence-electron chi connectivity index (χ4n) is 2.95. The lowest BCUT2D eigenvalue weighted by Gasteiger charge is -2.22. The molecule has 0 saturated carbocycles. The largest absolute Gasteiger partial charge is 0.507 e. The molecular formula is C17H12O8. The molecule has 0 radical (unpaired) electrons. The fraction of sp³-hybridized carbons (Fsp3) is 0.118. The summed E-state index contributed by atoms with van der Waals surface area (Å²) in [6.45, 7) is 1.20. The smallest absolute Gasteiger partial charge is 0.339 e. The highest BCUT2D eigenvalue weighted by molar-refractivity contribution is 6.32. The predicted octanol–water partition coefficient (Wildman–Crippen LogP) is 1.59. The lowest BCUT2D eigenvalue weighted by atomic mass is 9.80. The first-order chi connectivity index (χ1) is 11.7. The molecule has 0 heterocycles. The molecular weight excluding hydrogens is 332 g/mol. The van der Waals surface area contributed by atoms with Gasteiger partial charge in [0.15, 0.2) is 5.78 Å². The topological polar surface area (TPSA) is 141 Å². The van der Waals surface area contributed by atoms with Crippen LogP contribution in [0.5, 0.6) is 23.0 Å². The molecule has 2 aromatic rings. The normalized spacial score (nSPS) is 12.6. The number of ketones is 2. The Morgan fingerprint density at radius 2 is 1.56 bits per heavy atom. The van der Waals surface area contributed by atoms with E-state index in [9.17, 15) is 34.8 Å². The van der Waals surface area contributed by atoms with E-state index in [0.717, 1.165) is 6.07 Å². The van der Waals surface area contributed by atoms with Crippen molar-refractivity contribution < 1.29 is 39.5 Å². The fourth-order valence-corrected chi connectivity index (χ4v) is 2.95. The predicted molar refractivity (Wildman–Crippen MR) is 83.0 cm³/mol. The van der Waals surface area contributed by atoms with Crippen molar-refractivity contribution in [1.29, 1.82) is 0 Å². The van der Waals surface area contributed by atoms with Crippen molar-refractivity contribution in [2.24, 2.45) is 0 Å². The maximum atomic E-state index is 12.7. The highest BCUT2D eigenvalue weighted by atomic mass is 16.5. The molecule has 4 N–H and O–H groups in total. The molecule has 0 amide bonds. The molecule has 2 aromatic carbocycles. The first-order valence-electron chi connectivity index (χ1n) is 7.02. The average molecular weight is 344 g/mol. The van der Waals surface area contributed by atoms with Crippen molar-refractivity contribution in [1.82, 2.24) is 0 Å². The SMILES string of the molecule is COc1cc(O)c2c(c1)C(=O)c1c(O)c(C)c(C(=O)O)c(O)c1C2=O. The molecule has 0 atom stereocenters. The molecule has 3 rings (SSSR count). The number of rotatable bonds is 2. The van der Waals surface area contributed by atoms with E-state index in [2.05, 4.69) is 0 Å². The number of fused-ring (bicyclic) bond motifs is 2. The summed E-state index contributed by atoms with van der Waals surface area (Å²) in [5.74, 6) is -5.48. The van der Waals surface area contributed by atoms with Gasteiger partial charge >= 0.3 is 5.97 Å². The van der Waals surface area contributed by atoms with Gasteiger partial charge in [0, 0.05) is 17.2 Å². The third kappa shape index (κ3) is 2.04. The van der Waals surface area contributed by atoms with E-state index >= 15 is 0 Å². The molecule has 8 nitrogen and oxygen atoms in total. The molecule has 1 aliphatic rings. The van der Waals surface area contributed by atoms with Gasteiger partial charge in [-0.25, -0.2) is 4.79 Å². The van der Waals surface area contributed by atoms with Gasteiger partial charge in [0.1, 0.15) is 28.6 Å². The van der Waals surface area contributed by atoms with Crippen molar-refractivity contribution in [2.75, 3.05) is 7.11 Å². The van der Waals surface area contributed by atoms with Crippen molar-refractivity contribution >= 4 is 17.5 Å². The molecule has 1 aliphatic carbocycles. The summed E-state index contributed by atoms with van der Waals surface area (Å²) in [6.07, 6.45) is 0. The molecule has 128 valence electrons. The monoisotopic (exact) mass is 344 g/mol. The molecule has 0 spiro atoms. The van der Waals surface area contributed by atoms with Crippen LogP contribution in [0.25, 0.3) is 0 Å². The maximum absolute atomic E-state index is 12.7. The van der Waals surface area contributed by atoms with Crippen LogP contribution in [-0.4, -0.2) is 45.1 Å².